The topological polar surface area (TPSA) is 58.6 Å². The van der Waals surface area contributed by atoms with E-state index in [9.17, 15) is 9.59 Å². The van der Waals surface area contributed by atoms with E-state index in [0.717, 1.165) is 42.4 Å². The average Bonchev–Trinajstić information content (AvgIpc) is 3.39. The summed E-state index contributed by atoms with van der Waals surface area (Å²) in [5.41, 5.74) is 3.13. The van der Waals surface area contributed by atoms with Crippen molar-refractivity contribution in [3.05, 3.63) is 102 Å². The van der Waals surface area contributed by atoms with Gasteiger partial charge in [0, 0.05) is 19.0 Å². The SMILES string of the molecule is Cc1cccc(CN(C(=O)COc2ccccc2)[C@@H](Cc2ccccc2)C(=O)NC2CCCC2)c1. The molecule has 1 aliphatic rings. The fourth-order valence-electron chi connectivity index (χ4n) is 4.67. The first-order valence-corrected chi connectivity index (χ1v) is 12.5. The highest BCUT2D eigenvalue weighted by Gasteiger charge is 2.32. The third-order valence-corrected chi connectivity index (χ3v) is 6.51. The Morgan fingerprint density at radius 2 is 1.57 bits per heavy atom. The van der Waals surface area contributed by atoms with Gasteiger partial charge in [0.2, 0.25) is 5.91 Å². The van der Waals surface area contributed by atoms with E-state index in [-0.39, 0.29) is 24.5 Å². The molecule has 0 aromatic heterocycles. The van der Waals surface area contributed by atoms with Crippen LogP contribution in [0.25, 0.3) is 0 Å². The predicted octanol–water partition coefficient (Wildman–Crippen LogP) is 5.07. The van der Waals surface area contributed by atoms with E-state index in [0.29, 0.717) is 18.7 Å². The van der Waals surface area contributed by atoms with Crippen LogP contribution in [0.1, 0.15) is 42.4 Å². The van der Waals surface area contributed by atoms with Crippen molar-refractivity contribution in [2.75, 3.05) is 6.61 Å². The fourth-order valence-corrected chi connectivity index (χ4v) is 4.67. The third-order valence-electron chi connectivity index (χ3n) is 6.51. The standard InChI is InChI=1S/C30H34N2O3/c1-23-11-10-14-25(19-23)21-32(29(33)22-35-27-17-6-3-7-18-27)28(20-24-12-4-2-5-13-24)30(34)31-26-15-8-9-16-26/h2-7,10-14,17-19,26,28H,8-9,15-16,20-22H2,1H3,(H,31,34)/t28-/m0/s1. The zero-order valence-corrected chi connectivity index (χ0v) is 20.4. The van der Waals surface area contributed by atoms with Crippen molar-refractivity contribution < 1.29 is 14.3 Å². The normalized spacial score (nSPS) is 14.3. The highest BCUT2D eigenvalue weighted by molar-refractivity contribution is 5.88. The molecule has 3 aromatic rings. The van der Waals surface area contributed by atoms with Gasteiger partial charge in [-0.1, -0.05) is 91.2 Å². The summed E-state index contributed by atoms with van der Waals surface area (Å²) < 4.78 is 5.80. The summed E-state index contributed by atoms with van der Waals surface area (Å²) >= 11 is 0. The van der Waals surface area contributed by atoms with E-state index in [2.05, 4.69) is 11.4 Å². The molecule has 0 spiro atoms. The summed E-state index contributed by atoms with van der Waals surface area (Å²) in [5.74, 6) is 0.325. The van der Waals surface area contributed by atoms with E-state index in [4.69, 9.17) is 4.74 Å². The number of hydrogen-bond acceptors (Lipinski definition) is 3. The lowest BCUT2D eigenvalue weighted by Gasteiger charge is -2.32. The summed E-state index contributed by atoms with van der Waals surface area (Å²) in [5, 5.41) is 3.23. The lowest BCUT2D eigenvalue weighted by Crippen LogP contribution is -2.53. The number of nitrogens with one attached hydrogen (secondary N) is 1. The molecule has 3 aromatic carbocycles. The second-order valence-electron chi connectivity index (χ2n) is 9.31. The number of benzene rings is 3. The molecule has 1 aliphatic carbocycles. The lowest BCUT2D eigenvalue weighted by molar-refractivity contribution is -0.143. The van der Waals surface area contributed by atoms with Gasteiger partial charge in [-0.2, -0.15) is 0 Å². The Labute approximate surface area is 208 Å². The molecule has 1 atom stereocenters. The van der Waals surface area contributed by atoms with Gasteiger partial charge >= 0.3 is 0 Å². The molecule has 182 valence electrons. The number of carbonyl (C=O) groups is 2. The Morgan fingerprint density at radius 3 is 2.26 bits per heavy atom. The number of ether oxygens (including phenoxy) is 1. The van der Waals surface area contributed by atoms with E-state index in [1.54, 1.807) is 4.90 Å². The maximum absolute atomic E-state index is 13.6. The molecular weight excluding hydrogens is 436 g/mol. The van der Waals surface area contributed by atoms with Gasteiger partial charge in [-0.25, -0.2) is 0 Å². The third kappa shape index (κ3) is 7.19. The Bertz CT molecular complexity index is 1090. The number of nitrogens with zero attached hydrogens (tertiary/aromatic N) is 1. The van der Waals surface area contributed by atoms with Crippen LogP contribution >= 0.6 is 0 Å². The van der Waals surface area contributed by atoms with Crippen LogP contribution in [-0.4, -0.2) is 35.4 Å². The number of rotatable bonds is 10. The highest BCUT2D eigenvalue weighted by atomic mass is 16.5. The Kier molecular flexibility index (Phi) is 8.55. The van der Waals surface area contributed by atoms with Crippen molar-refractivity contribution in [3.8, 4) is 5.75 Å². The molecule has 0 saturated heterocycles. The molecule has 1 N–H and O–H groups in total. The van der Waals surface area contributed by atoms with Crippen molar-refractivity contribution in [1.29, 1.82) is 0 Å². The first-order valence-electron chi connectivity index (χ1n) is 12.5. The number of para-hydroxylation sites is 1. The molecule has 5 nitrogen and oxygen atoms in total. The van der Waals surface area contributed by atoms with Crippen molar-refractivity contribution in [1.82, 2.24) is 10.2 Å². The summed E-state index contributed by atoms with van der Waals surface area (Å²) in [6.07, 6.45) is 4.69. The lowest BCUT2D eigenvalue weighted by atomic mass is 10.0. The molecule has 1 saturated carbocycles. The van der Waals surface area contributed by atoms with Crippen LogP contribution in [0, 0.1) is 6.92 Å². The maximum atomic E-state index is 13.6. The molecule has 0 unspecified atom stereocenters. The van der Waals surface area contributed by atoms with Crippen LogP contribution < -0.4 is 10.1 Å². The zero-order valence-electron chi connectivity index (χ0n) is 20.4. The number of hydrogen-bond donors (Lipinski definition) is 1. The first-order chi connectivity index (χ1) is 17.1. The van der Waals surface area contributed by atoms with E-state index < -0.39 is 6.04 Å². The van der Waals surface area contributed by atoms with Gasteiger partial charge in [-0.15, -0.1) is 0 Å². The largest absolute Gasteiger partial charge is 0.484 e. The summed E-state index contributed by atoms with van der Waals surface area (Å²) in [4.78, 5) is 28.9. The summed E-state index contributed by atoms with van der Waals surface area (Å²) in [6.45, 7) is 2.24. The fraction of sp³-hybridized carbons (Fsp3) is 0.333. The van der Waals surface area contributed by atoms with Gasteiger partial charge in [0.25, 0.3) is 5.91 Å². The molecule has 4 rings (SSSR count). The molecule has 5 heteroatoms. The molecule has 0 radical (unpaired) electrons. The molecule has 0 bridgehead atoms. The van der Waals surface area contributed by atoms with Gasteiger partial charge in [0.05, 0.1) is 0 Å². The van der Waals surface area contributed by atoms with Crippen LogP contribution in [0.5, 0.6) is 5.75 Å². The molecule has 0 heterocycles. The van der Waals surface area contributed by atoms with Crippen LogP contribution in [-0.2, 0) is 22.6 Å². The molecule has 2 amide bonds. The van der Waals surface area contributed by atoms with Gasteiger partial charge in [-0.3, -0.25) is 9.59 Å². The minimum Gasteiger partial charge on any atom is -0.484 e. The van der Waals surface area contributed by atoms with Crippen LogP contribution in [0.3, 0.4) is 0 Å². The van der Waals surface area contributed by atoms with Crippen molar-refractivity contribution >= 4 is 11.8 Å². The van der Waals surface area contributed by atoms with Crippen molar-refractivity contribution in [2.45, 2.75) is 57.7 Å². The van der Waals surface area contributed by atoms with E-state index in [1.165, 1.54) is 0 Å². The minimum atomic E-state index is -0.634. The molecule has 0 aliphatic heterocycles. The Balaban J connectivity index is 1.61. The smallest absolute Gasteiger partial charge is 0.261 e. The van der Waals surface area contributed by atoms with Crippen LogP contribution in [0.2, 0.25) is 0 Å². The van der Waals surface area contributed by atoms with Gasteiger partial charge in [0.15, 0.2) is 6.61 Å². The average molecular weight is 471 g/mol. The van der Waals surface area contributed by atoms with Crippen molar-refractivity contribution in [3.63, 3.8) is 0 Å². The van der Waals surface area contributed by atoms with Gasteiger partial charge in [-0.05, 0) is 43.0 Å². The summed E-state index contributed by atoms with van der Waals surface area (Å²) in [7, 11) is 0. The zero-order chi connectivity index (χ0) is 24.5. The van der Waals surface area contributed by atoms with E-state index in [1.807, 2.05) is 85.8 Å². The summed E-state index contributed by atoms with van der Waals surface area (Å²) in [6, 6.07) is 26.8. The quantitative estimate of drug-likeness (QED) is 0.450. The predicted molar refractivity (Wildman–Crippen MR) is 138 cm³/mol. The van der Waals surface area contributed by atoms with Crippen LogP contribution in [0.4, 0.5) is 0 Å². The number of carbonyl (C=O) groups excluding carboxylic acids is 2. The number of amides is 2. The monoisotopic (exact) mass is 470 g/mol. The van der Waals surface area contributed by atoms with Gasteiger partial charge in [0.1, 0.15) is 11.8 Å². The van der Waals surface area contributed by atoms with Gasteiger partial charge < -0.3 is 15.0 Å². The Hall–Kier alpha value is -3.60. The Morgan fingerprint density at radius 1 is 0.914 bits per heavy atom. The number of aryl methyl sites for hydroxylation is 1. The minimum absolute atomic E-state index is 0.0959. The van der Waals surface area contributed by atoms with Crippen molar-refractivity contribution in [2.24, 2.45) is 0 Å². The highest BCUT2D eigenvalue weighted by Crippen LogP contribution is 2.20. The van der Waals surface area contributed by atoms with Crippen LogP contribution in [0.15, 0.2) is 84.9 Å². The second-order valence-corrected chi connectivity index (χ2v) is 9.31. The van der Waals surface area contributed by atoms with E-state index >= 15 is 0 Å². The maximum Gasteiger partial charge on any atom is 0.261 e. The first kappa shape index (κ1) is 24.5. The second kappa shape index (κ2) is 12.2. The molecular formula is C30H34N2O3. The molecule has 35 heavy (non-hydrogen) atoms. The molecule has 1 fully saturated rings.